The first kappa shape index (κ1) is 14.4. The molecular weight excluding hydrogens is 314 g/mol. The molecule has 1 N–H and O–H groups in total. The number of nitrogens with one attached hydrogen (secondary N) is 1. The molecule has 0 bridgehead atoms. The monoisotopic (exact) mass is 337 g/mol. The topological polar surface area (TPSA) is 21.3 Å². The Morgan fingerprint density at radius 3 is 2.90 bits per heavy atom. The van der Waals surface area contributed by atoms with E-state index in [2.05, 4.69) is 47.2 Å². The molecule has 3 rings (SSSR count). The summed E-state index contributed by atoms with van der Waals surface area (Å²) in [5.41, 5.74) is 3.04. The van der Waals surface area contributed by atoms with Crippen molar-refractivity contribution in [2.45, 2.75) is 52.0 Å². The van der Waals surface area contributed by atoms with Crippen LogP contribution in [0.1, 0.15) is 44.2 Å². The van der Waals surface area contributed by atoms with Gasteiger partial charge in [-0.25, -0.2) is 0 Å². The molecule has 2 nitrogen and oxygen atoms in total. The predicted molar refractivity (Wildman–Crippen MR) is 86.5 cm³/mol. The lowest BCUT2D eigenvalue weighted by atomic mass is 9.80. The van der Waals surface area contributed by atoms with E-state index in [0.29, 0.717) is 5.41 Å². The maximum Gasteiger partial charge on any atom is 0.125 e. The Labute approximate surface area is 130 Å². The van der Waals surface area contributed by atoms with E-state index in [-0.39, 0.29) is 0 Å². The number of ether oxygens (including phenoxy) is 1. The van der Waals surface area contributed by atoms with Crippen molar-refractivity contribution >= 4 is 15.9 Å². The molecule has 1 saturated carbocycles. The van der Waals surface area contributed by atoms with Crippen LogP contribution in [-0.4, -0.2) is 19.2 Å². The van der Waals surface area contributed by atoms with Gasteiger partial charge in [-0.2, -0.15) is 0 Å². The van der Waals surface area contributed by atoms with Crippen LogP contribution in [0, 0.1) is 5.41 Å². The van der Waals surface area contributed by atoms with Gasteiger partial charge in [0.1, 0.15) is 5.75 Å². The summed E-state index contributed by atoms with van der Waals surface area (Å²) in [6.45, 7) is 6.63. The van der Waals surface area contributed by atoms with Crippen molar-refractivity contribution in [2.75, 3.05) is 13.2 Å². The van der Waals surface area contributed by atoms with Crippen molar-refractivity contribution in [1.29, 1.82) is 0 Å². The third-order valence-electron chi connectivity index (χ3n) is 4.69. The molecule has 0 amide bonds. The second kappa shape index (κ2) is 5.69. The maximum absolute atomic E-state index is 5.87. The van der Waals surface area contributed by atoms with Gasteiger partial charge < -0.3 is 10.1 Å². The van der Waals surface area contributed by atoms with Gasteiger partial charge in [0.15, 0.2) is 0 Å². The Morgan fingerprint density at radius 1 is 1.40 bits per heavy atom. The molecule has 20 heavy (non-hydrogen) atoms. The van der Waals surface area contributed by atoms with Gasteiger partial charge in [-0.3, -0.25) is 0 Å². The summed E-state index contributed by atoms with van der Waals surface area (Å²) in [6.07, 6.45) is 6.04. The zero-order chi connectivity index (χ0) is 14.2. The summed E-state index contributed by atoms with van der Waals surface area (Å²) in [4.78, 5) is 0. The smallest absolute Gasteiger partial charge is 0.125 e. The van der Waals surface area contributed by atoms with E-state index in [0.717, 1.165) is 37.8 Å². The zero-order valence-electron chi connectivity index (χ0n) is 12.5. The second-order valence-electron chi connectivity index (χ2n) is 6.65. The van der Waals surface area contributed by atoms with Crippen LogP contribution < -0.4 is 10.1 Å². The van der Waals surface area contributed by atoms with Gasteiger partial charge in [-0.15, -0.1) is 0 Å². The van der Waals surface area contributed by atoms with Crippen molar-refractivity contribution in [3.63, 3.8) is 0 Å². The van der Waals surface area contributed by atoms with Crippen LogP contribution in [0.25, 0.3) is 0 Å². The molecule has 1 aliphatic carbocycles. The lowest BCUT2D eigenvalue weighted by Crippen LogP contribution is -2.34. The average Bonchev–Trinajstić information content (AvgIpc) is 3.13. The number of benzene rings is 1. The fourth-order valence-electron chi connectivity index (χ4n) is 2.93. The first-order chi connectivity index (χ1) is 9.59. The van der Waals surface area contributed by atoms with Crippen molar-refractivity contribution < 1.29 is 4.74 Å². The highest BCUT2D eigenvalue weighted by atomic mass is 79.9. The molecule has 0 aromatic heterocycles. The van der Waals surface area contributed by atoms with Crippen molar-refractivity contribution in [2.24, 2.45) is 5.41 Å². The van der Waals surface area contributed by atoms with Gasteiger partial charge in [-0.1, -0.05) is 29.8 Å². The van der Waals surface area contributed by atoms with E-state index >= 15 is 0 Å². The minimum Gasteiger partial charge on any atom is -0.493 e. The molecule has 0 saturated heterocycles. The third-order valence-corrected chi connectivity index (χ3v) is 5.15. The molecule has 2 aliphatic rings. The fourth-order valence-corrected chi connectivity index (χ4v) is 3.48. The Kier molecular flexibility index (Phi) is 4.09. The molecule has 0 radical (unpaired) electrons. The largest absolute Gasteiger partial charge is 0.493 e. The molecule has 0 spiro atoms. The summed E-state index contributed by atoms with van der Waals surface area (Å²) in [7, 11) is 0. The lowest BCUT2D eigenvalue weighted by molar-refractivity contribution is 0.282. The van der Waals surface area contributed by atoms with E-state index in [4.69, 9.17) is 4.74 Å². The van der Waals surface area contributed by atoms with E-state index in [1.54, 1.807) is 0 Å². The summed E-state index contributed by atoms with van der Waals surface area (Å²) in [5, 5.41) is 3.70. The molecule has 1 heterocycles. The van der Waals surface area contributed by atoms with Crippen LogP contribution in [0.5, 0.6) is 5.75 Å². The highest BCUT2D eigenvalue weighted by Crippen LogP contribution is 2.38. The molecule has 110 valence electrons. The van der Waals surface area contributed by atoms with Crippen molar-refractivity contribution in [3.05, 3.63) is 27.7 Å². The summed E-state index contributed by atoms with van der Waals surface area (Å²) < 4.78 is 7.06. The molecule has 1 unspecified atom stereocenters. The molecule has 1 aromatic rings. The van der Waals surface area contributed by atoms with E-state index in [1.165, 1.54) is 34.9 Å². The quantitative estimate of drug-likeness (QED) is 0.843. The highest BCUT2D eigenvalue weighted by molar-refractivity contribution is 9.10. The SMILES string of the molecule is CCC(C)(CNC1CC1)Cc1cc(Br)cc2c1OCC2. The maximum atomic E-state index is 5.87. The number of hydrogen-bond acceptors (Lipinski definition) is 2. The summed E-state index contributed by atoms with van der Waals surface area (Å²) in [6, 6.07) is 5.23. The third kappa shape index (κ3) is 3.20. The number of hydrogen-bond donors (Lipinski definition) is 1. The highest BCUT2D eigenvalue weighted by Gasteiger charge is 2.29. The van der Waals surface area contributed by atoms with Crippen LogP contribution in [0.2, 0.25) is 0 Å². The van der Waals surface area contributed by atoms with Gasteiger partial charge in [0.25, 0.3) is 0 Å². The van der Waals surface area contributed by atoms with Gasteiger partial charge in [0.2, 0.25) is 0 Å². The lowest BCUT2D eigenvalue weighted by Gasteiger charge is -2.29. The fraction of sp³-hybridized carbons (Fsp3) is 0.647. The van der Waals surface area contributed by atoms with Gasteiger partial charge >= 0.3 is 0 Å². The number of rotatable bonds is 6. The molecule has 1 aliphatic heterocycles. The Balaban J connectivity index is 1.77. The van der Waals surface area contributed by atoms with Crippen LogP contribution in [0.4, 0.5) is 0 Å². The minimum absolute atomic E-state index is 0.309. The molecule has 1 atom stereocenters. The normalized spacial score (nSPS) is 20.4. The predicted octanol–water partition coefficient (Wildman–Crippen LogP) is 4.09. The zero-order valence-corrected chi connectivity index (χ0v) is 14.1. The standard InChI is InChI=1S/C17H24BrNO/c1-3-17(2,11-19-15-4-5-15)10-13-9-14(18)8-12-6-7-20-16(12)13/h8-9,15,19H,3-7,10-11H2,1-2H3. The van der Waals surface area contributed by atoms with Crippen molar-refractivity contribution in [3.8, 4) is 5.75 Å². The Morgan fingerprint density at radius 2 is 2.20 bits per heavy atom. The van der Waals surface area contributed by atoms with Crippen LogP contribution in [0.3, 0.4) is 0 Å². The molecule has 1 fully saturated rings. The summed E-state index contributed by atoms with van der Waals surface area (Å²) in [5.74, 6) is 1.15. The van der Waals surface area contributed by atoms with Crippen LogP contribution in [-0.2, 0) is 12.8 Å². The van der Waals surface area contributed by atoms with Crippen molar-refractivity contribution in [1.82, 2.24) is 5.32 Å². The summed E-state index contributed by atoms with van der Waals surface area (Å²) >= 11 is 3.65. The van der Waals surface area contributed by atoms with E-state index in [1.807, 2.05) is 0 Å². The van der Waals surface area contributed by atoms with E-state index < -0.39 is 0 Å². The van der Waals surface area contributed by atoms with Gasteiger partial charge in [-0.05, 0) is 54.4 Å². The first-order valence-corrected chi connectivity index (χ1v) is 8.56. The molecule has 1 aromatic carbocycles. The molecule has 3 heteroatoms. The minimum atomic E-state index is 0.309. The molecular formula is C17H24BrNO. The van der Waals surface area contributed by atoms with Crippen LogP contribution >= 0.6 is 15.9 Å². The van der Waals surface area contributed by atoms with E-state index in [9.17, 15) is 0 Å². The van der Waals surface area contributed by atoms with Gasteiger partial charge in [0, 0.05) is 23.5 Å². The van der Waals surface area contributed by atoms with Crippen LogP contribution in [0.15, 0.2) is 16.6 Å². The Hall–Kier alpha value is -0.540. The number of halogens is 1. The second-order valence-corrected chi connectivity index (χ2v) is 7.56. The number of fused-ring (bicyclic) bond motifs is 1. The van der Waals surface area contributed by atoms with Gasteiger partial charge in [0.05, 0.1) is 6.61 Å². The average molecular weight is 338 g/mol. The Bertz CT molecular complexity index is 498. The first-order valence-electron chi connectivity index (χ1n) is 7.77.